The summed E-state index contributed by atoms with van der Waals surface area (Å²) in [5.74, 6) is 1.14. The van der Waals surface area contributed by atoms with Crippen molar-refractivity contribution < 1.29 is 0 Å². The van der Waals surface area contributed by atoms with Crippen molar-refractivity contribution in [3.63, 3.8) is 0 Å². The highest BCUT2D eigenvalue weighted by molar-refractivity contribution is 5.42. The van der Waals surface area contributed by atoms with Gasteiger partial charge in [0.15, 0.2) is 11.6 Å². The number of rotatable bonds is 1. The molecule has 2 heterocycles. The van der Waals surface area contributed by atoms with Gasteiger partial charge in [-0.3, -0.25) is 4.79 Å². The minimum Gasteiger partial charge on any atom is -0.331 e. The van der Waals surface area contributed by atoms with Crippen LogP contribution in [0, 0.1) is 0 Å². The average Bonchev–Trinajstić information content (AvgIpc) is 2.51. The quantitative estimate of drug-likeness (QED) is 0.673. The monoisotopic (exact) mass is 176 g/mol. The highest BCUT2D eigenvalue weighted by atomic mass is 16.1. The molecule has 0 aliphatic heterocycles. The van der Waals surface area contributed by atoms with Crippen LogP contribution in [0.4, 0.5) is 0 Å². The lowest BCUT2D eigenvalue weighted by Gasteiger charge is -1.98. The molecule has 0 aliphatic carbocycles. The van der Waals surface area contributed by atoms with Crippen LogP contribution in [0.2, 0.25) is 0 Å². The Morgan fingerprint density at radius 1 is 1.38 bits per heavy atom. The first-order chi connectivity index (χ1) is 6.27. The Morgan fingerprint density at radius 3 is 2.85 bits per heavy atom. The molecule has 66 valence electrons. The standard InChI is InChI=1S/C8H8N4O/c1-12-5-4-10-8(12)7-9-3-2-6(13)11-7/h2-5H,1H3,(H,9,11,13). The lowest BCUT2D eigenvalue weighted by molar-refractivity contribution is 0.903. The molecular weight excluding hydrogens is 168 g/mol. The smallest absolute Gasteiger partial charge is 0.251 e. The number of imidazole rings is 1. The van der Waals surface area contributed by atoms with Gasteiger partial charge < -0.3 is 9.55 Å². The zero-order chi connectivity index (χ0) is 9.26. The average molecular weight is 176 g/mol. The SMILES string of the molecule is Cn1ccnc1-c1nccc(=O)[nH]1. The Morgan fingerprint density at radius 2 is 2.23 bits per heavy atom. The molecule has 0 fully saturated rings. The topological polar surface area (TPSA) is 63.6 Å². The summed E-state index contributed by atoms with van der Waals surface area (Å²) in [6.45, 7) is 0. The van der Waals surface area contributed by atoms with Crippen molar-refractivity contribution in [1.82, 2.24) is 19.5 Å². The van der Waals surface area contributed by atoms with E-state index in [1.54, 1.807) is 17.0 Å². The lowest BCUT2D eigenvalue weighted by Crippen LogP contribution is -2.07. The molecule has 0 amide bonds. The summed E-state index contributed by atoms with van der Waals surface area (Å²) in [6.07, 6.45) is 4.91. The van der Waals surface area contributed by atoms with Crippen molar-refractivity contribution in [2.45, 2.75) is 0 Å². The summed E-state index contributed by atoms with van der Waals surface area (Å²) in [7, 11) is 1.84. The summed E-state index contributed by atoms with van der Waals surface area (Å²) >= 11 is 0. The predicted molar refractivity (Wildman–Crippen MR) is 47.1 cm³/mol. The molecule has 0 saturated carbocycles. The number of aromatic amines is 1. The highest BCUT2D eigenvalue weighted by Gasteiger charge is 2.03. The van der Waals surface area contributed by atoms with Gasteiger partial charge in [-0.15, -0.1) is 0 Å². The van der Waals surface area contributed by atoms with Crippen LogP contribution in [0.25, 0.3) is 11.6 Å². The zero-order valence-corrected chi connectivity index (χ0v) is 7.06. The van der Waals surface area contributed by atoms with Crippen molar-refractivity contribution in [3.8, 4) is 11.6 Å². The van der Waals surface area contributed by atoms with Crippen molar-refractivity contribution in [1.29, 1.82) is 0 Å². The van der Waals surface area contributed by atoms with Crippen LogP contribution in [0.15, 0.2) is 29.5 Å². The summed E-state index contributed by atoms with van der Waals surface area (Å²) in [5, 5.41) is 0. The van der Waals surface area contributed by atoms with E-state index in [-0.39, 0.29) is 5.56 Å². The molecule has 5 nitrogen and oxygen atoms in total. The Hall–Kier alpha value is -1.91. The number of H-pyrrole nitrogens is 1. The van der Waals surface area contributed by atoms with E-state index >= 15 is 0 Å². The lowest BCUT2D eigenvalue weighted by atomic mass is 10.5. The highest BCUT2D eigenvalue weighted by Crippen LogP contribution is 2.07. The van der Waals surface area contributed by atoms with Crippen LogP contribution in [0.3, 0.4) is 0 Å². The third kappa shape index (κ3) is 1.35. The molecule has 2 aromatic rings. The first kappa shape index (κ1) is 7.72. The van der Waals surface area contributed by atoms with E-state index in [9.17, 15) is 4.79 Å². The molecule has 5 heteroatoms. The molecule has 13 heavy (non-hydrogen) atoms. The molecule has 0 bridgehead atoms. The van der Waals surface area contributed by atoms with E-state index in [0.29, 0.717) is 11.6 Å². The maximum Gasteiger partial charge on any atom is 0.251 e. The normalized spacial score (nSPS) is 10.2. The summed E-state index contributed by atoms with van der Waals surface area (Å²) in [6, 6.07) is 1.37. The fourth-order valence-corrected chi connectivity index (χ4v) is 1.08. The maximum absolute atomic E-state index is 11.0. The Balaban J connectivity index is 2.59. The van der Waals surface area contributed by atoms with Gasteiger partial charge in [-0.2, -0.15) is 0 Å². The van der Waals surface area contributed by atoms with Crippen LogP contribution < -0.4 is 5.56 Å². The fourth-order valence-electron chi connectivity index (χ4n) is 1.08. The summed E-state index contributed by atoms with van der Waals surface area (Å²) < 4.78 is 1.79. The fraction of sp³-hybridized carbons (Fsp3) is 0.125. The van der Waals surface area contributed by atoms with Crippen LogP contribution in [-0.4, -0.2) is 19.5 Å². The Bertz CT molecular complexity index is 471. The van der Waals surface area contributed by atoms with Crippen molar-refractivity contribution in [3.05, 3.63) is 35.0 Å². The van der Waals surface area contributed by atoms with Crippen molar-refractivity contribution in [2.24, 2.45) is 7.05 Å². The van der Waals surface area contributed by atoms with E-state index in [1.807, 2.05) is 7.05 Å². The number of aromatic nitrogens is 4. The molecule has 0 atom stereocenters. The Kier molecular flexibility index (Phi) is 1.70. The third-order valence-electron chi connectivity index (χ3n) is 1.70. The van der Waals surface area contributed by atoms with Gasteiger partial charge in [0, 0.05) is 31.7 Å². The Labute approximate surface area is 74.1 Å². The van der Waals surface area contributed by atoms with Crippen LogP contribution in [0.1, 0.15) is 0 Å². The zero-order valence-electron chi connectivity index (χ0n) is 7.06. The first-order valence-corrected chi connectivity index (χ1v) is 3.80. The van der Waals surface area contributed by atoms with Crippen LogP contribution >= 0.6 is 0 Å². The largest absolute Gasteiger partial charge is 0.331 e. The summed E-state index contributed by atoms with van der Waals surface area (Å²) in [4.78, 5) is 21.6. The van der Waals surface area contributed by atoms with Gasteiger partial charge in [-0.25, -0.2) is 9.97 Å². The van der Waals surface area contributed by atoms with E-state index in [2.05, 4.69) is 15.0 Å². The number of hydrogen-bond acceptors (Lipinski definition) is 3. The molecular formula is C8H8N4O. The van der Waals surface area contributed by atoms with Gasteiger partial charge in [0.05, 0.1) is 0 Å². The number of aryl methyl sites for hydroxylation is 1. The predicted octanol–water partition coefficient (Wildman–Crippen LogP) is 0.170. The van der Waals surface area contributed by atoms with E-state index < -0.39 is 0 Å². The second-order valence-electron chi connectivity index (χ2n) is 2.64. The molecule has 0 spiro atoms. The van der Waals surface area contributed by atoms with Crippen LogP contribution in [-0.2, 0) is 7.05 Å². The third-order valence-corrected chi connectivity index (χ3v) is 1.70. The minimum absolute atomic E-state index is 0.173. The number of nitrogens with zero attached hydrogens (tertiary/aromatic N) is 3. The molecule has 0 saturated heterocycles. The second kappa shape index (κ2) is 2.85. The minimum atomic E-state index is -0.173. The van der Waals surface area contributed by atoms with Gasteiger partial charge in [0.2, 0.25) is 0 Å². The molecule has 2 aromatic heterocycles. The van der Waals surface area contributed by atoms with Gasteiger partial charge in [0.1, 0.15) is 0 Å². The molecule has 0 aromatic carbocycles. The molecule has 2 rings (SSSR count). The van der Waals surface area contributed by atoms with E-state index in [4.69, 9.17) is 0 Å². The number of nitrogens with one attached hydrogen (secondary N) is 1. The second-order valence-corrected chi connectivity index (χ2v) is 2.64. The van der Waals surface area contributed by atoms with E-state index in [1.165, 1.54) is 12.3 Å². The summed E-state index contributed by atoms with van der Waals surface area (Å²) in [5.41, 5.74) is -0.173. The maximum atomic E-state index is 11.0. The number of hydrogen-bond donors (Lipinski definition) is 1. The molecule has 0 aliphatic rings. The first-order valence-electron chi connectivity index (χ1n) is 3.80. The van der Waals surface area contributed by atoms with Gasteiger partial charge >= 0.3 is 0 Å². The van der Waals surface area contributed by atoms with E-state index in [0.717, 1.165) is 0 Å². The van der Waals surface area contributed by atoms with Gasteiger partial charge in [-0.05, 0) is 0 Å². The molecule has 1 N–H and O–H groups in total. The van der Waals surface area contributed by atoms with Crippen LogP contribution in [0.5, 0.6) is 0 Å². The molecule has 0 unspecified atom stereocenters. The molecule has 0 radical (unpaired) electrons. The van der Waals surface area contributed by atoms with Crippen molar-refractivity contribution >= 4 is 0 Å². The van der Waals surface area contributed by atoms with Gasteiger partial charge in [-0.1, -0.05) is 0 Å². The van der Waals surface area contributed by atoms with Gasteiger partial charge in [0.25, 0.3) is 5.56 Å². The van der Waals surface area contributed by atoms with Crippen molar-refractivity contribution in [2.75, 3.05) is 0 Å².